The van der Waals surface area contributed by atoms with Crippen molar-refractivity contribution in [1.29, 1.82) is 0 Å². The summed E-state index contributed by atoms with van der Waals surface area (Å²) in [5.41, 5.74) is 3.01. The van der Waals surface area contributed by atoms with Crippen LogP contribution in [0.15, 0.2) is 17.3 Å². The molecule has 0 amide bonds. The van der Waals surface area contributed by atoms with E-state index in [1.165, 1.54) is 18.0 Å². The Morgan fingerprint density at radius 1 is 1.45 bits per heavy atom. The summed E-state index contributed by atoms with van der Waals surface area (Å²) in [6.07, 6.45) is 5.62. The van der Waals surface area contributed by atoms with E-state index in [4.69, 9.17) is 0 Å². The summed E-state index contributed by atoms with van der Waals surface area (Å²) in [5.74, 6) is 0.184. The van der Waals surface area contributed by atoms with Gasteiger partial charge in [-0.1, -0.05) is 0 Å². The van der Waals surface area contributed by atoms with E-state index in [9.17, 15) is 8.42 Å². The second-order valence-electron chi connectivity index (χ2n) is 6.05. The minimum atomic E-state index is -3.23. The second-order valence-corrected chi connectivity index (χ2v) is 8.04. The van der Waals surface area contributed by atoms with Crippen molar-refractivity contribution in [3.05, 3.63) is 29.3 Å². The first-order chi connectivity index (χ1) is 10.3. The smallest absolute Gasteiger partial charge is 0.178 e. The Balaban J connectivity index is 1.73. The molecule has 1 saturated heterocycles. The zero-order chi connectivity index (χ0) is 15.9. The van der Waals surface area contributed by atoms with Crippen molar-refractivity contribution in [1.82, 2.24) is 24.9 Å². The summed E-state index contributed by atoms with van der Waals surface area (Å²) in [7, 11) is -1.31. The fraction of sp³-hybridized carbons (Fsp3) is 0.571. The first-order valence-corrected chi connectivity index (χ1v) is 9.18. The highest BCUT2D eigenvalue weighted by molar-refractivity contribution is 7.90. The molecule has 22 heavy (non-hydrogen) atoms. The molecule has 3 heterocycles. The monoisotopic (exact) mass is 323 g/mol. The first-order valence-electron chi connectivity index (χ1n) is 7.29. The molecule has 0 unspecified atom stereocenters. The highest BCUT2D eigenvalue weighted by Gasteiger charge is 2.29. The number of rotatable bonds is 4. The SMILES string of the molecule is Cc1nn(C)cc1CN1CC[C@@H](c2[nH]ncc2S(C)(=O)=O)C1. The third-order valence-corrected chi connectivity index (χ3v) is 5.35. The topological polar surface area (TPSA) is 83.9 Å². The molecule has 1 atom stereocenters. The van der Waals surface area contributed by atoms with Gasteiger partial charge in [0.2, 0.25) is 0 Å². The van der Waals surface area contributed by atoms with Crippen LogP contribution in [0.5, 0.6) is 0 Å². The van der Waals surface area contributed by atoms with Gasteiger partial charge >= 0.3 is 0 Å². The number of nitrogens with one attached hydrogen (secondary N) is 1. The molecule has 1 aliphatic heterocycles. The molecule has 1 aliphatic rings. The first kappa shape index (κ1) is 15.2. The number of aromatic amines is 1. The maximum absolute atomic E-state index is 11.8. The van der Waals surface area contributed by atoms with Gasteiger partial charge in [0.1, 0.15) is 4.90 Å². The fourth-order valence-corrected chi connectivity index (χ4v) is 3.99. The predicted molar refractivity (Wildman–Crippen MR) is 82.3 cm³/mol. The van der Waals surface area contributed by atoms with Gasteiger partial charge in [0.15, 0.2) is 9.84 Å². The Morgan fingerprint density at radius 3 is 2.86 bits per heavy atom. The van der Waals surface area contributed by atoms with Crippen LogP contribution in [0.25, 0.3) is 0 Å². The van der Waals surface area contributed by atoms with Crippen LogP contribution in [-0.2, 0) is 23.4 Å². The van der Waals surface area contributed by atoms with Gasteiger partial charge in [0, 0.05) is 44.1 Å². The molecule has 0 radical (unpaired) electrons. The van der Waals surface area contributed by atoms with E-state index in [0.29, 0.717) is 4.90 Å². The van der Waals surface area contributed by atoms with E-state index in [1.54, 1.807) is 0 Å². The number of aryl methyl sites for hydroxylation is 2. The van der Waals surface area contributed by atoms with Crippen molar-refractivity contribution in [2.45, 2.75) is 30.7 Å². The largest absolute Gasteiger partial charge is 0.298 e. The summed E-state index contributed by atoms with van der Waals surface area (Å²) in [4.78, 5) is 2.67. The van der Waals surface area contributed by atoms with Crippen LogP contribution in [0.4, 0.5) is 0 Å². The van der Waals surface area contributed by atoms with Crippen LogP contribution in [-0.4, -0.2) is 52.6 Å². The number of aromatic nitrogens is 4. The minimum Gasteiger partial charge on any atom is -0.298 e. The number of nitrogens with zero attached hydrogens (tertiary/aromatic N) is 4. The molecule has 8 heteroatoms. The van der Waals surface area contributed by atoms with E-state index in [2.05, 4.69) is 20.2 Å². The van der Waals surface area contributed by atoms with Gasteiger partial charge < -0.3 is 0 Å². The molecule has 2 aromatic heterocycles. The third kappa shape index (κ3) is 2.93. The van der Waals surface area contributed by atoms with Crippen molar-refractivity contribution < 1.29 is 8.42 Å². The average Bonchev–Trinajstić information content (AvgIpc) is 3.09. The molecule has 120 valence electrons. The third-order valence-electron chi connectivity index (χ3n) is 4.22. The number of likely N-dealkylation sites (tertiary alicyclic amines) is 1. The minimum absolute atomic E-state index is 0.184. The van der Waals surface area contributed by atoms with Crippen molar-refractivity contribution in [3.63, 3.8) is 0 Å². The normalized spacial score (nSPS) is 19.9. The standard InChI is InChI=1S/C14H21N5O2S/c1-10-12(7-18(2)17-10)9-19-5-4-11(8-19)14-13(6-15-16-14)22(3,20)21/h6-7,11H,4-5,8-9H2,1-3H3,(H,15,16)/t11-/m1/s1. The molecule has 3 rings (SSSR count). The Kier molecular flexibility index (Phi) is 3.82. The molecule has 0 saturated carbocycles. The Bertz CT molecular complexity index is 777. The van der Waals surface area contributed by atoms with E-state index in [1.807, 2.05) is 24.9 Å². The molecule has 0 aliphatic carbocycles. The molecule has 0 spiro atoms. The Morgan fingerprint density at radius 2 is 2.23 bits per heavy atom. The maximum Gasteiger partial charge on any atom is 0.178 e. The van der Waals surface area contributed by atoms with Gasteiger partial charge in [-0.05, 0) is 19.9 Å². The summed E-state index contributed by atoms with van der Waals surface area (Å²) in [6.45, 7) is 4.64. The lowest BCUT2D eigenvalue weighted by molar-refractivity contribution is 0.325. The van der Waals surface area contributed by atoms with E-state index >= 15 is 0 Å². The number of H-pyrrole nitrogens is 1. The average molecular weight is 323 g/mol. The van der Waals surface area contributed by atoms with Crippen molar-refractivity contribution in [2.75, 3.05) is 19.3 Å². The summed E-state index contributed by atoms with van der Waals surface area (Å²) in [6, 6.07) is 0. The van der Waals surface area contributed by atoms with Crippen LogP contribution >= 0.6 is 0 Å². The number of sulfone groups is 1. The Hall–Kier alpha value is -1.67. The molecule has 1 fully saturated rings. The number of hydrogen-bond acceptors (Lipinski definition) is 5. The van der Waals surface area contributed by atoms with Crippen LogP contribution in [0.3, 0.4) is 0 Å². The zero-order valence-corrected chi connectivity index (χ0v) is 13.9. The van der Waals surface area contributed by atoms with Crippen LogP contribution in [0.2, 0.25) is 0 Å². The Labute approximate surface area is 130 Å². The van der Waals surface area contributed by atoms with Gasteiger partial charge in [-0.2, -0.15) is 10.2 Å². The fourth-order valence-electron chi connectivity index (χ4n) is 3.13. The lowest BCUT2D eigenvalue weighted by atomic mass is 10.1. The summed E-state index contributed by atoms with van der Waals surface area (Å²) in [5, 5.41) is 11.2. The highest BCUT2D eigenvalue weighted by Crippen LogP contribution is 2.31. The lowest BCUT2D eigenvalue weighted by Crippen LogP contribution is -2.20. The molecule has 7 nitrogen and oxygen atoms in total. The van der Waals surface area contributed by atoms with Crippen molar-refractivity contribution in [2.24, 2.45) is 7.05 Å². The van der Waals surface area contributed by atoms with E-state index in [0.717, 1.165) is 37.4 Å². The summed E-state index contributed by atoms with van der Waals surface area (Å²) >= 11 is 0. The van der Waals surface area contributed by atoms with E-state index < -0.39 is 9.84 Å². The van der Waals surface area contributed by atoms with Crippen LogP contribution in [0, 0.1) is 6.92 Å². The molecule has 0 aromatic carbocycles. The molecular weight excluding hydrogens is 302 g/mol. The van der Waals surface area contributed by atoms with Crippen molar-refractivity contribution in [3.8, 4) is 0 Å². The lowest BCUT2D eigenvalue weighted by Gasteiger charge is -2.15. The van der Waals surface area contributed by atoms with Crippen LogP contribution < -0.4 is 0 Å². The van der Waals surface area contributed by atoms with Crippen molar-refractivity contribution >= 4 is 9.84 Å². The molecular formula is C14H21N5O2S. The van der Waals surface area contributed by atoms with Gasteiger partial charge in [0.05, 0.1) is 17.6 Å². The van der Waals surface area contributed by atoms with Gasteiger partial charge in [-0.25, -0.2) is 8.42 Å². The predicted octanol–water partition coefficient (Wildman–Crippen LogP) is 0.845. The number of hydrogen-bond donors (Lipinski definition) is 1. The molecule has 0 bridgehead atoms. The maximum atomic E-state index is 11.8. The summed E-state index contributed by atoms with van der Waals surface area (Å²) < 4.78 is 25.4. The van der Waals surface area contributed by atoms with Gasteiger partial charge in [-0.15, -0.1) is 0 Å². The second kappa shape index (κ2) is 5.51. The van der Waals surface area contributed by atoms with Gasteiger partial charge in [0.25, 0.3) is 0 Å². The highest BCUT2D eigenvalue weighted by atomic mass is 32.2. The quantitative estimate of drug-likeness (QED) is 0.901. The molecule has 1 N–H and O–H groups in total. The zero-order valence-electron chi connectivity index (χ0n) is 13.1. The van der Waals surface area contributed by atoms with Gasteiger partial charge in [-0.3, -0.25) is 14.7 Å². The van der Waals surface area contributed by atoms with Crippen LogP contribution in [0.1, 0.15) is 29.3 Å². The molecule has 2 aromatic rings. The van der Waals surface area contributed by atoms with E-state index in [-0.39, 0.29) is 5.92 Å².